The molecule has 0 atom stereocenters. The molecule has 0 bridgehead atoms. The molecular weight excluding hydrogens is 414 g/mol. The van der Waals surface area contributed by atoms with Crippen LogP contribution in [0.4, 0.5) is 5.13 Å². The third-order valence-electron chi connectivity index (χ3n) is 4.12. The Hall–Kier alpha value is -2.95. The van der Waals surface area contributed by atoms with E-state index in [2.05, 4.69) is 15.0 Å². The van der Waals surface area contributed by atoms with Crippen molar-refractivity contribution < 1.29 is 22.7 Å². The first-order valence-corrected chi connectivity index (χ1v) is 11.1. The van der Waals surface area contributed by atoms with Crippen molar-refractivity contribution in [2.75, 3.05) is 18.7 Å². The van der Waals surface area contributed by atoms with Gasteiger partial charge in [-0.05, 0) is 30.3 Å². The average molecular weight is 431 g/mol. The fraction of sp³-hybridized carbons (Fsp3) is 0.158. The molecule has 1 amide bonds. The highest BCUT2D eigenvalue weighted by Gasteiger charge is 2.16. The number of sulfonamides is 1. The van der Waals surface area contributed by atoms with Crippen LogP contribution < -0.4 is 19.5 Å². The van der Waals surface area contributed by atoms with Gasteiger partial charge in [0.25, 0.3) is 0 Å². The van der Waals surface area contributed by atoms with Gasteiger partial charge in [0.1, 0.15) is 0 Å². The molecule has 8 nitrogen and oxygen atoms in total. The Labute approximate surface area is 171 Å². The third-order valence-corrected chi connectivity index (χ3v) is 6.35. The number of benzene rings is 2. The van der Waals surface area contributed by atoms with Crippen molar-refractivity contribution in [1.29, 1.82) is 0 Å². The van der Waals surface area contributed by atoms with E-state index in [4.69, 9.17) is 9.47 Å². The van der Waals surface area contributed by atoms with E-state index < -0.39 is 10.0 Å². The van der Waals surface area contributed by atoms with Crippen LogP contribution in [0.15, 0.2) is 58.8 Å². The molecule has 0 saturated heterocycles. The van der Waals surface area contributed by atoms with Crippen LogP contribution in [0.1, 0.15) is 6.42 Å². The van der Waals surface area contributed by atoms with Gasteiger partial charge in [-0.2, -0.15) is 0 Å². The summed E-state index contributed by atoms with van der Waals surface area (Å²) in [5.74, 6) is 1.02. The largest absolute Gasteiger partial charge is 0.454 e. The van der Waals surface area contributed by atoms with Crippen molar-refractivity contribution in [3.63, 3.8) is 0 Å². The molecule has 2 N–H and O–H groups in total. The number of hydrogen-bond donors (Lipinski definition) is 2. The van der Waals surface area contributed by atoms with Crippen LogP contribution in [-0.2, 0) is 14.8 Å². The second kappa shape index (κ2) is 8.19. The molecule has 0 unspecified atom stereocenters. The van der Waals surface area contributed by atoms with Crippen LogP contribution >= 0.6 is 11.3 Å². The Balaban J connectivity index is 1.32. The number of anilines is 1. The number of rotatable bonds is 7. The number of thiazole rings is 1. The van der Waals surface area contributed by atoms with Crippen LogP contribution in [0.5, 0.6) is 11.5 Å². The second-order valence-corrected chi connectivity index (χ2v) is 8.74. The molecule has 1 aliphatic heterocycles. The molecule has 0 fully saturated rings. The molecule has 29 heavy (non-hydrogen) atoms. The first kappa shape index (κ1) is 19.4. The summed E-state index contributed by atoms with van der Waals surface area (Å²) < 4.78 is 37.4. The van der Waals surface area contributed by atoms with Crippen molar-refractivity contribution in [2.45, 2.75) is 11.3 Å². The fourth-order valence-corrected chi connectivity index (χ4v) is 4.47. The predicted octanol–water partition coefficient (Wildman–Crippen LogP) is 2.85. The van der Waals surface area contributed by atoms with Crippen molar-refractivity contribution in [3.05, 3.63) is 53.9 Å². The number of carbonyl (C=O) groups excluding carboxylic acids is 1. The predicted molar refractivity (Wildman–Crippen MR) is 109 cm³/mol. The zero-order valence-electron chi connectivity index (χ0n) is 15.1. The highest BCUT2D eigenvalue weighted by atomic mass is 32.2. The lowest BCUT2D eigenvalue weighted by atomic mass is 10.1. The summed E-state index contributed by atoms with van der Waals surface area (Å²) in [5, 5.41) is 4.95. The maximum absolute atomic E-state index is 12.1. The number of aromatic nitrogens is 1. The Morgan fingerprint density at radius 2 is 1.90 bits per heavy atom. The van der Waals surface area contributed by atoms with E-state index in [0.29, 0.717) is 22.3 Å². The number of ether oxygens (including phenoxy) is 2. The van der Waals surface area contributed by atoms with Gasteiger partial charge in [0.05, 0.1) is 10.6 Å². The fourth-order valence-electron chi connectivity index (χ4n) is 2.68. The zero-order valence-corrected chi connectivity index (χ0v) is 16.8. The summed E-state index contributed by atoms with van der Waals surface area (Å²) >= 11 is 1.29. The molecule has 0 spiro atoms. The van der Waals surface area contributed by atoms with Gasteiger partial charge >= 0.3 is 0 Å². The van der Waals surface area contributed by atoms with Gasteiger partial charge in [0.2, 0.25) is 22.7 Å². The first-order chi connectivity index (χ1) is 14.0. The van der Waals surface area contributed by atoms with Crippen molar-refractivity contribution >= 4 is 32.4 Å². The van der Waals surface area contributed by atoms with E-state index in [-0.39, 0.29) is 30.6 Å². The van der Waals surface area contributed by atoms with Crippen molar-refractivity contribution in [3.8, 4) is 22.8 Å². The topological polar surface area (TPSA) is 107 Å². The average Bonchev–Trinajstić information content (AvgIpc) is 3.37. The Morgan fingerprint density at radius 1 is 1.10 bits per heavy atom. The highest BCUT2D eigenvalue weighted by molar-refractivity contribution is 7.89. The van der Waals surface area contributed by atoms with Crippen LogP contribution in [0, 0.1) is 0 Å². The number of nitrogens with one attached hydrogen (secondary N) is 2. The molecule has 0 saturated carbocycles. The Morgan fingerprint density at radius 3 is 2.72 bits per heavy atom. The maximum Gasteiger partial charge on any atom is 0.240 e. The van der Waals surface area contributed by atoms with Crippen LogP contribution in [-0.4, -0.2) is 32.6 Å². The number of amides is 1. The van der Waals surface area contributed by atoms with Gasteiger partial charge in [-0.1, -0.05) is 18.2 Å². The molecule has 10 heteroatoms. The summed E-state index contributed by atoms with van der Waals surface area (Å²) in [6.45, 7) is 0.189. The summed E-state index contributed by atoms with van der Waals surface area (Å²) in [7, 11) is -3.63. The molecule has 3 aromatic rings. The standard InChI is InChI=1S/C19H17N3O5S2/c23-18(8-9-20-29(24,25)14-4-2-1-3-5-14)22-19-21-15(11-28-19)13-6-7-16-17(10-13)27-12-26-16/h1-7,10-11,20H,8-9,12H2,(H,21,22,23). The van der Waals surface area contributed by atoms with E-state index in [1.165, 1.54) is 23.5 Å². The van der Waals surface area contributed by atoms with Gasteiger partial charge < -0.3 is 14.8 Å². The van der Waals surface area contributed by atoms with Crippen molar-refractivity contribution in [1.82, 2.24) is 9.71 Å². The molecule has 2 aromatic carbocycles. The van der Waals surface area contributed by atoms with Crippen molar-refractivity contribution in [2.24, 2.45) is 0 Å². The number of nitrogens with zero attached hydrogens (tertiary/aromatic N) is 1. The van der Waals surface area contributed by atoms with E-state index in [9.17, 15) is 13.2 Å². The zero-order chi connectivity index (χ0) is 20.3. The minimum Gasteiger partial charge on any atom is -0.454 e. The number of hydrogen-bond acceptors (Lipinski definition) is 7. The van der Waals surface area contributed by atoms with E-state index in [1.807, 2.05) is 23.6 Å². The van der Waals surface area contributed by atoms with Gasteiger partial charge in [-0.15, -0.1) is 11.3 Å². The first-order valence-electron chi connectivity index (χ1n) is 8.71. The smallest absolute Gasteiger partial charge is 0.240 e. The molecule has 4 rings (SSSR count). The maximum atomic E-state index is 12.1. The molecule has 1 aliphatic rings. The summed E-state index contributed by atoms with van der Waals surface area (Å²) in [6, 6.07) is 13.5. The third kappa shape index (κ3) is 4.56. The lowest BCUT2D eigenvalue weighted by molar-refractivity contribution is -0.116. The molecule has 0 aliphatic carbocycles. The normalized spacial score (nSPS) is 12.7. The quantitative estimate of drug-likeness (QED) is 0.596. The molecule has 1 aromatic heterocycles. The number of fused-ring (bicyclic) bond motifs is 1. The minimum atomic E-state index is -3.63. The monoisotopic (exact) mass is 431 g/mol. The summed E-state index contributed by atoms with van der Waals surface area (Å²) in [6.07, 6.45) is -0.00893. The van der Waals surface area contributed by atoms with E-state index >= 15 is 0 Å². The molecular formula is C19H17N3O5S2. The lowest BCUT2D eigenvalue weighted by Gasteiger charge is -2.06. The molecule has 2 heterocycles. The molecule has 150 valence electrons. The van der Waals surface area contributed by atoms with Gasteiger partial charge in [0.15, 0.2) is 16.6 Å². The van der Waals surface area contributed by atoms with Crippen LogP contribution in [0.25, 0.3) is 11.3 Å². The van der Waals surface area contributed by atoms with E-state index in [1.54, 1.807) is 18.2 Å². The van der Waals surface area contributed by atoms with Crippen LogP contribution in [0.2, 0.25) is 0 Å². The SMILES string of the molecule is O=C(CCNS(=O)(=O)c1ccccc1)Nc1nc(-c2ccc3c(c2)OCO3)cs1. The van der Waals surface area contributed by atoms with Gasteiger partial charge in [0, 0.05) is 23.9 Å². The molecule has 0 radical (unpaired) electrons. The Bertz CT molecular complexity index is 1130. The highest BCUT2D eigenvalue weighted by Crippen LogP contribution is 2.36. The summed E-state index contributed by atoms with van der Waals surface area (Å²) in [5.41, 5.74) is 1.55. The Kier molecular flexibility index (Phi) is 5.47. The number of carbonyl (C=O) groups is 1. The van der Waals surface area contributed by atoms with Gasteiger partial charge in [-0.25, -0.2) is 18.1 Å². The second-order valence-electron chi connectivity index (χ2n) is 6.11. The van der Waals surface area contributed by atoms with Crippen LogP contribution in [0.3, 0.4) is 0 Å². The minimum absolute atomic E-state index is 0.00893. The lowest BCUT2D eigenvalue weighted by Crippen LogP contribution is -2.27. The van der Waals surface area contributed by atoms with Gasteiger partial charge in [-0.3, -0.25) is 4.79 Å². The summed E-state index contributed by atoms with van der Waals surface area (Å²) in [4.78, 5) is 16.7. The van der Waals surface area contributed by atoms with E-state index in [0.717, 1.165) is 5.56 Å².